The van der Waals surface area contributed by atoms with Crippen LogP contribution in [0.2, 0.25) is 0 Å². The molecule has 0 radical (unpaired) electrons. The number of ether oxygens (including phenoxy) is 1. The smallest absolute Gasteiger partial charge is 0.433 e. The predicted molar refractivity (Wildman–Crippen MR) is 88.8 cm³/mol. The minimum absolute atomic E-state index is 0.0718. The Balaban J connectivity index is 2.17. The third-order valence-electron chi connectivity index (χ3n) is 3.86. The largest absolute Gasteiger partial charge is 0.461 e. The Hall–Kier alpha value is -2.90. The third-order valence-corrected chi connectivity index (χ3v) is 3.86. The Labute approximate surface area is 147 Å². The van der Waals surface area contributed by atoms with Gasteiger partial charge in [0.05, 0.1) is 12.3 Å². The summed E-state index contributed by atoms with van der Waals surface area (Å²) >= 11 is 0. The SMILES string of the molecule is CCOC(=O)c1cc2nc(-c3ccc(CC)cc3)cc(C(F)(F)F)n2n1. The van der Waals surface area contributed by atoms with Crippen LogP contribution in [-0.2, 0) is 17.3 Å². The Morgan fingerprint density at radius 1 is 1.15 bits per heavy atom. The van der Waals surface area contributed by atoms with E-state index in [9.17, 15) is 18.0 Å². The predicted octanol–water partition coefficient (Wildman–Crippen LogP) is 4.15. The molecule has 3 aromatic rings. The average Bonchev–Trinajstić information content (AvgIpc) is 3.04. The van der Waals surface area contributed by atoms with E-state index >= 15 is 0 Å². The Bertz CT molecular complexity index is 947. The van der Waals surface area contributed by atoms with Crippen LogP contribution in [0.4, 0.5) is 13.2 Å². The summed E-state index contributed by atoms with van der Waals surface area (Å²) in [7, 11) is 0. The summed E-state index contributed by atoms with van der Waals surface area (Å²) < 4.78 is 45.9. The minimum atomic E-state index is -4.66. The van der Waals surface area contributed by atoms with Crippen molar-refractivity contribution in [1.82, 2.24) is 14.6 Å². The number of esters is 1. The summed E-state index contributed by atoms with van der Waals surface area (Å²) in [5.41, 5.74) is 0.477. The minimum Gasteiger partial charge on any atom is -0.461 e. The highest BCUT2D eigenvalue weighted by Gasteiger charge is 2.35. The molecule has 2 aromatic heterocycles. The van der Waals surface area contributed by atoms with Gasteiger partial charge in [-0.25, -0.2) is 14.3 Å². The van der Waals surface area contributed by atoms with E-state index in [1.54, 1.807) is 19.1 Å². The lowest BCUT2D eigenvalue weighted by molar-refractivity contribution is -0.142. The summed E-state index contributed by atoms with van der Waals surface area (Å²) in [6, 6.07) is 9.25. The van der Waals surface area contributed by atoms with Crippen LogP contribution in [0.15, 0.2) is 36.4 Å². The fraction of sp³-hybridized carbons (Fsp3) is 0.278. The van der Waals surface area contributed by atoms with E-state index in [1.807, 2.05) is 19.1 Å². The monoisotopic (exact) mass is 363 g/mol. The highest BCUT2D eigenvalue weighted by atomic mass is 19.4. The maximum absolute atomic E-state index is 13.5. The standard InChI is InChI=1S/C18H16F3N3O2/c1-3-11-5-7-12(8-6-11)13-9-15(18(19,20)21)24-16(22-13)10-14(23-24)17(25)26-4-2/h5-10H,3-4H2,1-2H3. The zero-order valence-electron chi connectivity index (χ0n) is 14.2. The van der Waals surface area contributed by atoms with Gasteiger partial charge in [-0.2, -0.15) is 18.3 Å². The van der Waals surface area contributed by atoms with E-state index in [4.69, 9.17) is 4.74 Å². The van der Waals surface area contributed by atoms with Gasteiger partial charge < -0.3 is 4.74 Å². The number of rotatable bonds is 4. The number of aryl methyl sites for hydroxylation is 1. The van der Waals surface area contributed by atoms with E-state index in [0.717, 1.165) is 18.1 Å². The zero-order chi connectivity index (χ0) is 18.9. The van der Waals surface area contributed by atoms with Crippen molar-refractivity contribution in [3.8, 4) is 11.3 Å². The molecule has 0 saturated carbocycles. The lowest BCUT2D eigenvalue weighted by atomic mass is 10.1. The topological polar surface area (TPSA) is 56.5 Å². The number of benzene rings is 1. The molecular formula is C18H16F3N3O2. The third kappa shape index (κ3) is 3.40. The molecule has 0 amide bonds. The van der Waals surface area contributed by atoms with Crippen molar-refractivity contribution in [1.29, 1.82) is 0 Å². The zero-order valence-corrected chi connectivity index (χ0v) is 14.2. The molecule has 0 unspecified atom stereocenters. The van der Waals surface area contributed by atoms with Gasteiger partial charge in [-0.1, -0.05) is 31.2 Å². The van der Waals surface area contributed by atoms with E-state index in [0.29, 0.717) is 10.1 Å². The molecule has 136 valence electrons. The van der Waals surface area contributed by atoms with Gasteiger partial charge in [-0.05, 0) is 25.0 Å². The maximum Gasteiger partial charge on any atom is 0.433 e. The lowest BCUT2D eigenvalue weighted by Crippen LogP contribution is -2.14. The van der Waals surface area contributed by atoms with Crippen LogP contribution in [-0.4, -0.2) is 27.2 Å². The van der Waals surface area contributed by atoms with Crippen LogP contribution in [0.3, 0.4) is 0 Å². The molecule has 0 atom stereocenters. The number of fused-ring (bicyclic) bond motifs is 1. The maximum atomic E-state index is 13.5. The molecular weight excluding hydrogens is 347 g/mol. The summed E-state index contributed by atoms with van der Waals surface area (Å²) in [6.45, 7) is 3.69. The summed E-state index contributed by atoms with van der Waals surface area (Å²) in [5.74, 6) is -0.792. The first-order valence-corrected chi connectivity index (χ1v) is 8.08. The number of alkyl halides is 3. The van der Waals surface area contributed by atoms with Crippen LogP contribution in [0.5, 0.6) is 0 Å². The van der Waals surface area contributed by atoms with Gasteiger partial charge in [-0.3, -0.25) is 0 Å². The number of carbonyl (C=O) groups excluding carboxylic acids is 1. The Kier molecular flexibility index (Phi) is 4.67. The number of hydrogen-bond donors (Lipinski definition) is 0. The molecule has 0 aliphatic rings. The van der Waals surface area contributed by atoms with Crippen LogP contribution in [0.1, 0.15) is 35.6 Å². The molecule has 8 heteroatoms. The second kappa shape index (κ2) is 6.78. The number of halogens is 3. The lowest BCUT2D eigenvalue weighted by Gasteiger charge is -2.11. The van der Waals surface area contributed by atoms with Gasteiger partial charge in [-0.15, -0.1) is 0 Å². The van der Waals surface area contributed by atoms with Gasteiger partial charge in [0.2, 0.25) is 0 Å². The molecule has 0 N–H and O–H groups in total. The first kappa shape index (κ1) is 17.9. The van der Waals surface area contributed by atoms with Crippen LogP contribution >= 0.6 is 0 Å². The van der Waals surface area contributed by atoms with Crippen LogP contribution in [0.25, 0.3) is 16.9 Å². The van der Waals surface area contributed by atoms with E-state index in [-0.39, 0.29) is 23.6 Å². The Morgan fingerprint density at radius 3 is 2.42 bits per heavy atom. The fourth-order valence-electron chi connectivity index (χ4n) is 2.54. The summed E-state index contributed by atoms with van der Waals surface area (Å²) in [5, 5.41) is 3.72. The highest BCUT2D eigenvalue weighted by molar-refractivity contribution is 5.88. The van der Waals surface area contributed by atoms with Crippen molar-refractivity contribution in [2.45, 2.75) is 26.4 Å². The van der Waals surface area contributed by atoms with Gasteiger partial charge in [0, 0.05) is 11.6 Å². The molecule has 0 bridgehead atoms. The van der Waals surface area contributed by atoms with Gasteiger partial charge in [0.1, 0.15) is 0 Å². The molecule has 1 aromatic carbocycles. The van der Waals surface area contributed by atoms with Crippen molar-refractivity contribution in [2.24, 2.45) is 0 Å². The van der Waals surface area contributed by atoms with E-state index in [2.05, 4.69) is 10.1 Å². The molecule has 0 fully saturated rings. The highest BCUT2D eigenvalue weighted by Crippen LogP contribution is 2.32. The number of carbonyl (C=O) groups is 1. The van der Waals surface area contributed by atoms with Crippen molar-refractivity contribution in [2.75, 3.05) is 6.61 Å². The first-order chi connectivity index (χ1) is 12.3. The molecule has 0 spiro atoms. The van der Waals surface area contributed by atoms with Gasteiger partial charge >= 0.3 is 12.1 Å². The molecule has 26 heavy (non-hydrogen) atoms. The van der Waals surface area contributed by atoms with Crippen molar-refractivity contribution in [3.63, 3.8) is 0 Å². The molecule has 0 saturated heterocycles. The van der Waals surface area contributed by atoms with E-state index in [1.165, 1.54) is 6.07 Å². The van der Waals surface area contributed by atoms with Crippen molar-refractivity contribution >= 4 is 11.6 Å². The second-order valence-corrected chi connectivity index (χ2v) is 5.59. The number of hydrogen-bond acceptors (Lipinski definition) is 4. The van der Waals surface area contributed by atoms with E-state index < -0.39 is 17.8 Å². The Morgan fingerprint density at radius 2 is 1.85 bits per heavy atom. The average molecular weight is 363 g/mol. The number of aromatic nitrogens is 3. The normalized spacial score (nSPS) is 11.7. The summed E-state index contributed by atoms with van der Waals surface area (Å²) in [6.07, 6.45) is -3.83. The molecule has 0 aliphatic carbocycles. The summed E-state index contributed by atoms with van der Waals surface area (Å²) in [4.78, 5) is 16.0. The van der Waals surface area contributed by atoms with Gasteiger partial charge in [0.25, 0.3) is 0 Å². The van der Waals surface area contributed by atoms with Crippen molar-refractivity contribution in [3.05, 3.63) is 53.3 Å². The number of nitrogens with zero attached hydrogens (tertiary/aromatic N) is 3. The first-order valence-electron chi connectivity index (χ1n) is 8.08. The molecule has 3 rings (SSSR count). The second-order valence-electron chi connectivity index (χ2n) is 5.59. The van der Waals surface area contributed by atoms with Gasteiger partial charge in [0.15, 0.2) is 17.0 Å². The van der Waals surface area contributed by atoms with Crippen LogP contribution < -0.4 is 0 Å². The van der Waals surface area contributed by atoms with Crippen LogP contribution in [0, 0.1) is 0 Å². The molecule has 2 heterocycles. The molecule has 0 aliphatic heterocycles. The fourth-order valence-corrected chi connectivity index (χ4v) is 2.54. The molecule has 5 nitrogen and oxygen atoms in total. The quantitative estimate of drug-likeness (QED) is 0.654. The van der Waals surface area contributed by atoms with Crippen molar-refractivity contribution < 1.29 is 22.7 Å².